The Labute approximate surface area is 101 Å². The van der Waals surface area contributed by atoms with E-state index in [0.29, 0.717) is 6.61 Å². The number of hydrogen-bond donors (Lipinski definition) is 0. The van der Waals surface area contributed by atoms with Crippen LogP contribution in [0.4, 0.5) is 0 Å². The van der Waals surface area contributed by atoms with E-state index in [9.17, 15) is 4.79 Å². The van der Waals surface area contributed by atoms with E-state index in [0.717, 1.165) is 11.3 Å². The molecule has 17 heavy (non-hydrogen) atoms. The van der Waals surface area contributed by atoms with Crippen LogP contribution in [0.25, 0.3) is 0 Å². The molecule has 0 unspecified atom stereocenters. The fourth-order valence-electron chi connectivity index (χ4n) is 1.10. The molecule has 0 saturated carbocycles. The monoisotopic (exact) mass is 230 g/mol. The van der Waals surface area contributed by atoms with Gasteiger partial charge in [-0.2, -0.15) is 0 Å². The maximum atomic E-state index is 10.9. The fourth-order valence-corrected chi connectivity index (χ4v) is 1.10. The lowest BCUT2D eigenvalue weighted by Crippen LogP contribution is -1.98. The molecular formula is C14H14O3. The summed E-state index contributed by atoms with van der Waals surface area (Å²) in [4.78, 5) is 10.9. The lowest BCUT2D eigenvalue weighted by Gasteiger charge is -1.97. The minimum absolute atomic E-state index is 0.370. The summed E-state index contributed by atoms with van der Waals surface area (Å²) in [5.74, 6) is 6.06. The summed E-state index contributed by atoms with van der Waals surface area (Å²) in [5, 5.41) is 0. The Hall–Kier alpha value is -2.21. The zero-order valence-corrected chi connectivity index (χ0v) is 9.90. The van der Waals surface area contributed by atoms with Gasteiger partial charge in [-0.3, -0.25) is 0 Å². The third-order valence-corrected chi connectivity index (χ3v) is 1.90. The predicted molar refractivity (Wildman–Crippen MR) is 65.6 cm³/mol. The number of rotatable bonds is 3. The van der Waals surface area contributed by atoms with Crippen LogP contribution in [0.2, 0.25) is 0 Å². The van der Waals surface area contributed by atoms with E-state index < -0.39 is 0 Å². The maximum absolute atomic E-state index is 10.9. The molecule has 0 heterocycles. The van der Waals surface area contributed by atoms with Gasteiger partial charge in [-0.1, -0.05) is 11.8 Å². The minimum atomic E-state index is -0.378. The Morgan fingerprint density at radius 1 is 1.35 bits per heavy atom. The third kappa shape index (κ3) is 4.89. The summed E-state index contributed by atoms with van der Waals surface area (Å²) in [6.45, 7) is 2.13. The molecule has 0 radical (unpaired) electrons. The highest BCUT2D eigenvalue weighted by atomic mass is 16.5. The highest BCUT2D eigenvalue weighted by molar-refractivity contribution is 5.82. The topological polar surface area (TPSA) is 35.5 Å². The first kappa shape index (κ1) is 12.9. The van der Waals surface area contributed by atoms with Gasteiger partial charge >= 0.3 is 5.97 Å². The second-order valence-corrected chi connectivity index (χ2v) is 3.08. The van der Waals surface area contributed by atoms with Crippen LogP contribution in [-0.4, -0.2) is 19.7 Å². The largest absolute Gasteiger partial charge is 0.497 e. The van der Waals surface area contributed by atoms with Gasteiger partial charge in [-0.15, -0.1) is 0 Å². The van der Waals surface area contributed by atoms with E-state index in [4.69, 9.17) is 9.47 Å². The van der Waals surface area contributed by atoms with Gasteiger partial charge in [0.25, 0.3) is 0 Å². The Balaban J connectivity index is 2.56. The van der Waals surface area contributed by atoms with Gasteiger partial charge in [0.05, 0.1) is 13.7 Å². The molecule has 0 amide bonds. The molecule has 88 valence electrons. The molecule has 3 nitrogen and oxygen atoms in total. The van der Waals surface area contributed by atoms with Crippen molar-refractivity contribution in [1.82, 2.24) is 0 Å². The smallest absolute Gasteiger partial charge is 0.331 e. The molecule has 1 rings (SSSR count). The Morgan fingerprint density at radius 3 is 2.65 bits per heavy atom. The molecule has 0 saturated heterocycles. The van der Waals surface area contributed by atoms with Gasteiger partial charge in [0.15, 0.2) is 0 Å². The van der Waals surface area contributed by atoms with Crippen molar-refractivity contribution in [1.29, 1.82) is 0 Å². The zero-order chi connectivity index (χ0) is 12.5. The quantitative estimate of drug-likeness (QED) is 0.453. The third-order valence-electron chi connectivity index (χ3n) is 1.90. The van der Waals surface area contributed by atoms with Crippen molar-refractivity contribution in [3.8, 4) is 17.6 Å². The Morgan fingerprint density at radius 2 is 2.06 bits per heavy atom. The molecule has 0 fully saturated rings. The normalized spacial score (nSPS) is 9.53. The average Bonchev–Trinajstić information content (AvgIpc) is 2.36. The molecule has 0 atom stereocenters. The van der Waals surface area contributed by atoms with E-state index in [2.05, 4.69) is 11.8 Å². The first-order valence-corrected chi connectivity index (χ1v) is 5.25. The van der Waals surface area contributed by atoms with Gasteiger partial charge in [-0.05, 0) is 37.3 Å². The van der Waals surface area contributed by atoms with Crippen LogP contribution in [-0.2, 0) is 9.53 Å². The molecular weight excluding hydrogens is 216 g/mol. The number of ether oxygens (including phenoxy) is 2. The predicted octanol–water partition coefficient (Wildman–Crippen LogP) is 2.17. The first-order chi connectivity index (χ1) is 8.26. The number of benzene rings is 1. The molecule has 0 aromatic heterocycles. The van der Waals surface area contributed by atoms with Crippen LogP contribution in [0.15, 0.2) is 36.4 Å². The van der Waals surface area contributed by atoms with Crippen LogP contribution in [0.3, 0.4) is 0 Å². The summed E-state index contributed by atoms with van der Waals surface area (Å²) >= 11 is 0. The molecule has 0 aliphatic heterocycles. The molecule has 0 spiro atoms. The zero-order valence-electron chi connectivity index (χ0n) is 9.90. The number of hydrogen-bond acceptors (Lipinski definition) is 3. The van der Waals surface area contributed by atoms with Crippen molar-refractivity contribution in [3.05, 3.63) is 42.0 Å². The lowest BCUT2D eigenvalue weighted by atomic mass is 10.2. The number of carbonyl (C=O) groups is 1. The first-order valence-electron chi connectivity index (χ1n) is 5.25. The van der Waals surface area contributed by atoms with Crippen molar-refractivity contribution in [2.24, 2.45) is 0 Å². The number of allylic oxidation sites excluding steroid dienone is 1. The average molecular weight is 230 g/mol. The van der Waals surface area contributed by atoms with E-state index in [1.54, 1.807) is 14.0 Å². The van der Waals surface area contributed by atoms with Gasteiger partial charge < -0.3 is 9.47 Å². The van der Waals surface area contributed by atoms with E-state index in [1.165, 1.54) is 12.2 Å². The maximum Gasteiger partial charge on any atom is 0.331 e. The second-order valence-electron chi connectivity index (χ2n) is 3.08. The highest BCUT2D eigenvalue weighted by Crippen LogP contribution is 2.09. The van der Waals surface area contributed by atoms with E-state index in [1.807, 2.05) is 24.3 Å². The van der Waals surface area contributed by atoms with Crippen LogP contribution in [0.5, 0.6) is 5.75 Å². The van der Waals surface area contributed by atoms with Crippen molar-refractivity contribution < 1.29 is 14.3 Å². The van der Waals surface area contributed by atoms with Gasteiger partial charge in [0.1, 0.15) is 5.75 Å². The number of methoxy groups -OCH3 is 1. The lowest BCUT2D eigenvalue weighted by molar-refractivity contribution is -0.137. The summed E-state index contributed by atoms with van der Waals surface area (Å²) in [7, 11) is 1.61. The van der Waals surface area contributed by atoms with Crippen molar-refractivity contribution >= 4 is 5.97 Å². The van der Waals surface area contributed by atoms with Crippen LogP contribution >= 0.6 is 0 Å². The second kappa shape index (κ2) is 7.13. The summed E-state index contributed by atoms with van der Waals surface area (Å²) in [6.07, 6.45) is 2.78. The van der Waals surface area contributed by atoms with Gasteiger partial charge in [-0.25, -0.2) is 4.79 Å². The standard InChI is InChI=1S/C14H14O3/c1-3-17-14(15)7-5-4-6-12-8-10-13(16-2)11-9-12/h5,7-11H,3H2,1-2H3/b7-5+. The molecule has 0 aliphatic rings. The molecule has 0 bridgehead atoms. The SMILES string of the molecule is CCOC(=O)/C=C/C#Cc1ccc(OC)cc1. The molecule has 0 N–H and O–H groups in total. The fraction of sp³-hybridized carbons (Fsp3) is 0.214. The van der Waals surface area contributed by atoms with Gasteiger partial charge in [0.2, 0.25) is 0 Å². The Bertz CT molecular complexity index is 447. The van der Waals surface area contributed by atoms with Crippen molar-refractivity contribution in [3.63, 3.8) is 0 Å². The van der Waals surface area contributed by atoms with E-state index >= 15 is 0 Å². The highest BCUT2D eigenvalue weighted by Gasteiger charge is 1.91. The summed E-state index contributed by atoms with van der Waals surface area (Å²) in [5.41, 5.74) is 0.860. The van der Waals surface area contributed by atoms with Crippen LogP contribution in [0, 0.1) is 11.8 Å². The summed E-state index contributed by atoms with van der Waals surface area (Å²) < 4.78 is 9.74. The number of carbonyl (C=O) groups excluding carboxylic acids is 1. The van der Waals surface area contributed by atoms with Gasteiger partial charge in [0, 0.05) is 11.6 Å². The van der Waals surface area contributed by atoms with Crippen molar-refractivity contribution in [2.75, 3.05) is 13.7 Å². The van der Waals surface area contributed by atoms with Crippen LogP contribution < -0.4 is 4.74 Å². The Kier molecular flexibility index (Phi) is 5.39. The van der Waals surface area contributed by atoms with Crippen LogP contribution in [0.1, 0.15) is 12.5 Å². The minimum Gasteiger partial charge on any atom is -0.497 e. The summed E-state index contributed by atoms with van der Waals surface area (Å²) in [6, 6.07) is 7.37. The van der Waals surface area contributed by atoms with Crippen molar-refractivity contribution in [2.45, 2.75) is 6.92 Å². The molecule has 1 aromatic carbocycles. The van der Waals surface area contributed by atoms with E-state index in [-0.39, 0.29) is 5.97 Å². The molecule has 0 aliphatic carbocycles. The molecule has 3 heteroatoms. The molecule has 1 aromatic rings. The number of esters is 1.